The van der Waals surface area contributed by atoms with Gasteiger partial charge in [0.05, 0.1) is 8.95 Å². The summed E-state index contributed by atoms with van der Waals surface area (Å²) in [4.78, 5) is 0. The van der Waals surface area contributed by atoms with Crippen LogP contribution >= 0.6 is 31.9 Å². The Morgan fingerprint density at radius 1 is 1.25 bits per heavy atom. The highest BCUT2D eigenvalue weighted by Gasteiger charge is 2.08. The van der Waals surface area contributed by atoms with Crippen molar-refractivity contribution in [2.45, 2.75) is 0 Å². The third-order valence-electron chi connectivity index (χ3n) is 1.16. The first-order chi connectivity index (χ1) is 5.65. The predicted molar refractivity (Wildman–Crippen MR) is 48.4 cm³/mol. The molecule has 0 atom stereocenters. The van der Waals surface area contributed by atoms with E-state index in [4.69, 9.17) is 0 Å². The lowest BCUT2D eigenvalue weighted by molar-refractivity contribution is 0.189. The Balaban J connectivity index is 3.10. The molecule has 0 N–H and O–H groups in total. The number of alkyl halides is 1. The lowest BCUT2D eigenvalue weighted by Gasteiger charge is -2.06. The van der Waals surface area contributed by atoms with E-state index in [1.807, 2.05) is 0 Å². The van der Waals surface area contributed by atoms with Gasteiger partial charge in [0, 0.05) is 0 Å². The van der Waals surface area contributed by atoms with Crippen molar-refractivity contribution in [2.24, 2.45) is 0 Å². The second kappa shape index (κ2) is 4.18. The molecule has 1 aromatic carbocycles. The van der Waals surface area contributed by atoms with Gasteiger partial charge >= 0.3 is 0 Å². The van der Waals surface area contributed by atoms with Gasteiger partial charge in [0.15, 0.2) is 5.75 Å². The van der Waals surface area contributed by atoms with E-state index in [0.717, 1.165) is 0 Å². The zero-order valence-corrected chi connectivity index (χ0v) is 8.95. The van der Waals surface area contributed by atoms with Gasteiger partial charge in [0.2, 0.25) is 6.86 Å². The molecule has 0 radical (unpaired) electrons. The molecular formula is C7H4Br2F2O. The lowest BCUT2D eigenvalue weighted by Crippen LogP contribution is -1.92. The molecule has 0 aromatic heterocycles. The minimum absolute atomic E-state index is 0.263. The van der Waals surface area contributed by atoms with E-state index in [1.54, 1.807) is 0 Å². The van der Waals surface area contributed by atoms with Crippen molar-refractivity contribution in [2.75, 3.05) is 6.86 Å². The number of ether oxygens (including phenoxy) is 1. The Bertz CT molecular complexity index is 268. The van der Waals surface area contributed by atoms with Crippen molar-refractivity contribution in [1.82, 2.24) is 0 Å². The maximum Gasteiger partial charge on any atom is 0.228 e. The molecule has 1 nitrogen and oxygen atoms in total. The average molecular weight is 302 g/mol. The first kappa shape index (κ1) is 9.92. The van der Waals surface area contributed by atoms with Gasteiger partial charge in [0.1, 0.15) is 5.82 Å². The molecule has 0 saturated heterocycles. The molecule has 0 amide bonds. The van der Waals surface area contributed by atoms with Gasteiger partial charge in [-0.1, -0.05) is 0 Å². The first-order valence-electron chi connectivity index (χ1n) is 2.98. The van der Waals surface area contributed by atoms with Crippen LogP contribution in [0.5, 0.6) is 5.75 Å². The third-order valence-corrected chi connectivity index (χ3v) is 2.34. The fourth-order valence-electron chi connectivity index (χ4n) is 0.721. The van der Waals surface area contributed by atoms with Crippen LogP contribution in [-0.4, -0.2) is 6.86 Å². The summed E-state index contributed by atoms with van der Waals surface area (Å²) in [6.45, 7) is -0.942. The van der Waals surface area contributed by atoms with E-state index in [2.05, 4.69) is 36.6 Å². The summed E-state index contributed by atoms with van der Waals surface area (Å²) in [5.41, 5.74) is 0. The molecule has 66 valence electrons. The molecular weight excluding hydrogens is 298 g/mol. The van der Waals surface area contributed by atoms with E-state index in [-0.39, 0.29) is 5.75 Å². The largest absolute Gasteiger partial charge is 0.461 e. The normalized spacial score (nSPS) is 10.0. The number of rotatable bonds is 2. The van der Waals surface area contributed by atoms with E-state index < -0.39 is 12.7 Å². The highest BCUT2D eigenvalue weighted by Crippen LogP contribution is 2.34. The number of halogens is 4. The first-order valence-corrected chi connectivity index (χ1v) is 4.57. The summed E-state index contributed by atoms with van der Waals surface area (Å²) >= 11 is 6.07. The number of hydrogen-bond donors (Lipinski definition) is 0. The molecule has 0 aliphatic rings. The van der Waals surface area contributed by atoms with Crippen LogP contribution in [0.4, 0.5) is 8.78 Å². The molecule has 5 heteroatoms. The third kappa shape index (κ3) is 2.17. The van der Waals surface area contributed by atoms with E-state index >= 15 is 0 Å². The Kier molecular flexibility index (Phi) is 3.46. The molecule has 0 aliphatic carbocycles. The molecule has 12 heavy (non-hydrogen) atoms. The van der Waals surface area contributed by atoms with Crippen molar-refractivity contribution in [3.63, 3.8) is 0 Å². The second-order valence-corrected chi connectivity index (χ2v) is 3.66. The molecule has 0 heterocycles. The predicted octanol–water partition coefficient (Wildman–Crippen LogP) is 3.66. The highest BCUT2D eigenvalue weighted by atomic mass is 79.9. The summed E-state index contributed by atoms with van der Waals surface area (Å²) in [6.07, 6.45) is 0. The molecule has 0 unspecified atom stereocenters. The molecule has 0 spiro atoms. The van der Waals surface area contributed by atoms with Gasteiger partial charge in [-0.2, -0.15) is 0 Å². The van der Waals surface area contributed by atoms with Crippen LogP contribution in [0.2, 0.25) is 0 Å². The zero-order chi connectivity index (χ0) is 9.14. The molecule has 0 fully saturated rings. The maximum absolute atomic E-state index is 12.6. The van der Waals surface area contributed by atoms with Crippen LogP contribution < -0.4 is 4.74 Å². The molecule has 0 saturated carbocycles. The molecule has 1 aromatic rings. The van der Waals surface area contributed by atoms with Gasteiger partial charge in [0.25, 0.3) is 0 Å². The van der Waals surface area contributed by atoms with Gasteiger partial charge in [-0.05, 0) is 44.0 Å². The highest BCUT2D eigenvalue weighted by molar-refractivity contribution is 9.11. The van der Waals surface area contributed by atoms with Crippen molar-refractivity contribution in [3.05, 3.63) is 26.9 Å². The van der Waals surface area contributed by atoms with Crippen LogP contribution in [-0.2, 0) is 0 Å². The van der Waals surface area contributed by atoms with Crippen LogP contribution in [0.1, 0.15) is 0 Å². The fourth-order valence-corrected chi connectivity index (χ4v) is 2.08. The SMILES string of the molecule is FCOc1c(Br)cc(F)cc1Br. The quantitative estimate of drug-likeness (QED) is 0.810. The number of benzene rings is 1. The monoisotopic (exact) mass is 300 g/mol. The Hall–Kier alpha value is -0.160. The van der Waals surface area contributed by atoms with Crippen molar-refractivity contribution < 1.29 is 13.5 Å². The van der Waals surface area contributed by atoms with E-state index in [0.29, 0.717) is 8.95 Å². The Morgan fingerprint density at radius 3 is 2.17 bits per heavy atom. The Labute approximate surface area is 85.0 Å². The van der Waals surface area contributed by atoms with Crippen molar-refractivity contribution >= 4 is 31.9 Å². The van der Waals surface area contributed by atoms with Gasteiger partial charge in [-0.15, -0.1) is 0 Å². The standard InChI is InChI=1S/C7H4Br2F2O/c8-5-1-4(11)2-6(9)7(5)12-3-10/h1-2H,3H2. The van der Waals surface area contributed by atoms with E-state index in [1.165, 1.54) is 12.1 Å². The van der Waals surface area contributed by atoms with Gasteiger partial charge < -0.3 is 4.74 Å². The smallest absolute Gasteiger partial charge is 0.228 e. The lowest BCUT2D eigenvalue weighted by atomic mass is 10.3. The second-order valence-electron chi connectivity index (χ2n) is 1.95. The van der Waals surface area contributed by atoms with Crippen molar-refractivity contribution in [3.8, 4) is 5.75 Å². The Morgan fingerprint density at radius 2 is 1.75 bits per heavy atom. The van der Waals surface area contributed by atoms with Crippen LogP contribution in [0.15, 0.2) is 21.1 Å². The maximum atomic E-state index is 12.6. The van der Waals surface area contributed by atoms with Crippen molar-refractivity contribution in [1.29, 1.82) is 0 Å². The summed E-state index contributed by atoms with van der Waals surface area (Å²) < 4.78 is 29.8. The van der Waals surface area contributed by atoms with Gasteiger partial charge in [-0.3, -0.25) is 0 Å². The molecule has 0 aliphatic heterocycles. The van der Waals surface area contributed by atoms with Crippen LogP contribution in [0.25, 0.3) is 0 Å². The van der Waals surface area contributed by atoms with E-state index in [9.17, 15) is 8.78 Å². The topological polar surface area (TPSA) is 9.23 Å². The van der Waals surface area contributed by atoms with Crippen LogP contribution in [0.3, 0.4) is 0 Å². The average Bonchev–Trinajstić information content (AvgIpc) is 1.96. The summed E-state index contributed by atoms with van der Waals surface area (Å²) in [7, 11) is 0. The fraction of sp³-hybridized carbons (Fsp3) is 0.143. The minimum Gasteiger partial charge on any atom is -0.461 e. The zero-order valence-electron chi connectivity index (χ0n) is 5.78. The molecule has 0 bridgehead atoms. The summed E-state index contributed by atoms with van der Waals surface area (Å²) in [5.74, 6) is -0.154. The van der Waals surface area contributed by atoms with Crippen LogP contribution in [0, 0.1) is 5.82 Å². The number of hydrogen-bond acceptors (Lipinski definition) is 1. The van der Waals surface area contributed by atoms with Gasteiger partial charge in [-0.25, -0.2) is 8.78 Å². The summed E-state index contributed by atoms with van der Waals surface area (Å²) in [5, 5.41) is 0. The summed E-state index contributed by atoms with van der Waals surface area (Å²) in [6, 6.07) is 2.41. The minimum atomic E-state index is -0.942. The molecule has 1 rings (SSSR count).